The molecule has 0 aliphatic rings. The van der Waals surface area contributed by atoms with E-state index in [2.05, 4.69) is 24.9 Å². The summed E-state index contributed by atoms with van der Waals surface area (Å²) in [5.41, 5.74) is 1.68. The van der Waals surface area contributed by atoms with Gasteiger partial charge in [-0.05, 0) is 43.7 Å². The molecule has 0 amide bonds. The third-order valence-corrected chi connectivity index (χ3v) is 8.19. The number of aromatic nitrogens is 5. The second-order valence-electron chi connectivity index (χ2n) is 9.49. The number of sulfonamides is 1. The first-order valence-electron chi connectivity index (χ1n) is 13.1. The van der Waals surface area contributed by atoms with Gasteiger partial charge < -0.3 is 29.2 Å². The molecular weight excluding hydrogens is 580 g/mol. The van der Waals surface area contributed by atoms with Crippen molar-refractivity contribution in [1.82, 2.24) is 24.7 Å². The minimum absolute atomic E-state index is 0.0820. The molecule has 0 fully saturated rings. The monoisotopic (exact) mass is 614 g/mol. The van der Waals surface area contributed by atoms with E-state index in [1.165, 1.54) is 45.2 Å². The number of aliphatic hydroxyl groups is 2. The smallest absolute Gasteiger partial charge is 0.243 e. The van der Waals surface area contributed by atoms with Crippen molar-refractivity contribution in [2.75, 3.05) is 39.3 Å². The fourth-order valence-electron chi connectivity index (χ4n) is 4.18. The van der Waals surface area contributed by atoms with Crippen LogP contribution >= 0.6 is 0 Å². The SMILES string of the molecule is COc1cccc(-c2nnc(NS(=O)(=O)[C@@H](C)[C@H](OC[C@@H](O)CO)c3ncc(C)cn3)n2-c2c(OC)cccc2OC)c1. The fourth-order valence-corrected chi connectivity index (χ4v) is 5.28. The molecule has 230 valence electrons. The van der Waals surface area contributed by atoms with E-state index in [0.29, 0.717) is 28.5 Å². The van der Waals surface area contributed by atoms with Crippen LogP contribution in [0.15, 0.2) is 54.9 Å². The van der Waals surface area contributed by atoms with Crippen LogP contribution < -0.4 is 18.9 Å². The van der Waals surface area contributed by atoms with E-state index in [9.17, 15) is 18.6 Å². The predicted molar refractivity (Wildman–Crippen MR) is 157 cm³/mol. The Morgan fingerprint density at radius 3 is 2.23 bits per heavy atom. The van der Waals surface area contributed by atoms with Crippen molar-refractivity contribution in [3.05, 3.63) is 66.2 Å². The first kappa shape index (κ1) is 31.6. The third kappa shape index (κ3) is 7.02. The number of benzene rings is 2. The van der Waals surface area contributed by atoms with Gasteiger partial charge in [0.15, 0.2) is 11.6 Å². The average Bonchev–Trinajstić information content (AvgIpc) is 3.43. The zero-order valence-corrected chi connectivity index (χ0v) is 25.1. The second kappa shape index (κ2) is 13.8. The van der Waals surface area contributed by atoms with Crippen LogP contribution in [-0.4, -0.2) is 89.3 Å². The van der Waals surface area contributed by atoms with Crippen LogP contribution in [0.1, 0.15) is 24.4 Å². The van der Waals surface area contributed by atoms with Crippen LogP contribution in [0.3, 0.4) is 0 Å². The lowest BCUT2D eigenvalue weighted by molar-refractivity contribution is -0.0324. The van der Waals surface area contributed by atoms with Crippen LogP contribution in [-0.2, 0) is 14.8 Å². The van der Waals surface area contributed by atoms with E-state index >= 15 is 0 Å². The summed E-state index contributed by atoms with van der Waals surface area (Å²) in [5, 5.41) is 26.4. The molecule has 0 aliphatic heterocycles. The van der Waals surface area contributed by atoms with E-state index in [1.807, 2.05) is 0 Å². The van der Waals surface area contributed by atoms with Crippen LogP contribution in [0, 0.1) is 6.92 Å². The molecule has 43 heavy (non-hydrogen) atoms. The number of hydrogen-bond acceptors (Lipinski definition) is 12. The van der Waals surface area contributed by atoms with Crippen molar-refractivity contribution < 1.29 is 37.6 Å². The first-order chi connectivity index (χ1) is 20.6. The summed E-state index contributed by atoms with van der Waals surface area (Å²) >= 11 is 0. The van der Waals surface area contributed by atoms with E-state index in [-0.39, 0.29) is 24.2 Å². The standard InChI is InChI=1S/C28H34N6O8S/c1-17-13-29-26(30-14-17)25(42-16-20(36)15-35)18(2)43(37,38)33-28-32-31-27(19-8-6-9-21(12-19)39-3)34(28)24-22(40-4)10-7-11-23(24)41-5/h6-14,18,20,25,35-36H,15-16H2,1-5H3,(H,32,33)/t18-,20-,25-/m0/s1. The van der Waals surface area contributed by atoms with Gasteiger partial charge in [-0.15, -0.1) is 10.2 Å². The van der Waals surface area contributed by atoms with Gasteiger partial charge in [-0.25, -0.2) is 18.4 Å². The Bertz CT molecular complexity index is 1610. The molecule has 3 N–H and O–H groups in total. The lowest BCUT2D eigenvalue weighted by Crippen LogP contribution is -2.35. The number of hydrogen-bond donors (Lipinski definition) is 3. The largest absolute Gasteiger partial charge is 0.497 e. The minimum Gasteiger partial charge on any atom is -0.497 e. The van der Waals surface area contributed by atoms with Gasteiger partial charge in [-0.2, -0.15) is 0 Å². The Hall–Kier alpha value is -4.31. The number of aliphatic hydroxyl groups excluding tert-OH is 2. The van der Waals surface area contributed by atoms with Crippen molar-refractivity contribution in [3.63, 3.8) is 0 Å². The summed E-state index contributed by atoms with van der Waals surface area (Å²) in [7, 11) is 0.179. The zero-order chi connectivity index (χ0) is 31.1. The van der Waals surface area contributed by atoms with Gasteiger partial charge in [0, 0.05) is 18.0 Å². The Morgan fingerprint density at radius 1 is 0.977 bits per heavy atom. The van der Waals surface area contributed by atoms with Gasteiger partial charge in [0.1, 0.15) is 40.4 Å². The maximum atomic E-state index is 13.9. The van der Waals surface area contributed by atoms with Crippen LogP contribution in [0.2, 0.25) is 0 Å². The third-order valence-electron chi connectivity index (χ3n) is 6.50. The summed E-state index contributed by atoms with van der Waals surface area (Å²) in [4.78, 5) is 8.49. The lowest BCUT2D eigenvalue weighted by Gasteiger charge is -2.25. The molecule has 0 bridgehead atoms. The second-order valence-corrected chi connectivity index (χ2v) is 11.5. The molecule has 3 atom stereocenters. The highest BCUT2D eigenvalue weighted by atomic mass is 32.2. The molecule has 14 nitrogen and oxygen atoms in total. The van der Waals surface area contributed by atoms with Crippen molar-refractivity contribution >= 4 is 16.0 Å². The number of nitrogens with zero attached hydrogens (tertiary/aromatic N) is 5. The number of para-hydroxylation sites is 1. The molecule has 2 heterocycles. The molecule has 4 rings (SSSR count). The first-order valence-corrected chi connectivity index (χ1v) is 14.7. The molecule has 0 saturated carbocycles. The molecule has 0 radical (unpaired) electrons. The average molecular weight is 615 g/mol. The van der Waals surface area contributed by atoms with E-state index in [0.717, 1.165) is 5.56 Å². The molecule has 0 spiro atoms. The van der Waals surface area contributed by atoms with Gasteiger partial charge in [-0.3, -0.25) is 9.29 Å². The van der Waals surface area contributed by atoms with Crippen LogP contribution in [0.5, 0.6) is 17.2 Å². The molecular formula is C28H34N6O8S. The summed E-state index contributed by atoms with van der Waals surface area (Å²) in [6.45, 7) is 2.27. The number of ether oxygens (including phenoxy) is 4. The Labute approximate surface area is 249 Å². The van der Waals surface area contributed by atoms with Gasteiger partial charge in [0.25, 0.3) is 0 Å². The molecule has 15 heteroatoms. The van der Waals surface area contributed by atoms with Crippen LogP contribution in [0.4, 0.5) is 5.95 Å². The number of nitrogens with one attached hydrogen (secondary N) is 1. The molecule has 0 saturated heterocycles. The number of aryl methyl sites for hydroxylation is 1. The highest BCUT2D eigenvalue weighted by Gasteiger charge is 2.36. The van der Waals surface area contributed by atoms with E-state index < -0.39 is 34.1 Å². The molecule has 2 aromatic heterocycles. The number of anilines is 1. The van der Waals surface area contributed by atoms with Gasteiger partial charge >= 0.3 is 0 Å². The summed E-state index contributed by atoms with van der Waals surface area (Å²) in [6, 6.07) is 12.2. The lowest BCUT2D eigenvalue weighted by atomic mass is 10.2. The van der Waals surface area contributed by atoms with Crippen molar-refractivity contribution in [1.29, 1.82) is 0 Å². The van der Waals surface area contributed by atoms with Crippen molar-refractivity contribution in [2.45, 2.75) is 31.3 Å². The van der Waals surface area contributed by atoms with E-state index in [1.54, 1.807) is 49.4 Å². The van der Waals surface area contributed by atoms with Gasteiger partial charge in [-0.1, -0.05) is 18.2 Å². The quantitative estimate of drug-likeness (QED) is 0.189. The number of methoxy groups -OCH3 is 3. The molecule has 0 unspecified atom stereocenters. The van der Waals surface area contributed by atoms with Crippen molar-refractivity contribution in [2.24, 2.45) is 0 Å². The van der Waals surface area contributed by atoms with Gasteiger partial charge in [0.2, 0.25) is 16.0 Å². The summed E-state index contributed by atoms with van der Waals surface area (Å²) in [6.07, 6.45) is 0.606. The Balaban J connectivity index is 1.83. The Morgan fingerprint density at radius 2 is 1.63 bits per heavy atom. The van der Waals surface area contributed by atoms with E-state index in [4.69, 9.17) is 18.9 Å². The fraction of sp³-hybridized carbons (Fsp3) is 0.357. The predicted octanol–water partition coefficient (Wildman–Crippen LogP) is 2.30. The minimum atomic E-state index is -4.31. The maximum Gasteiger partial charge on any atom is 0.243 e. The molecule has 2 aromatic carbocycles. The highest BCUT2D eigenvalue weighted by molar-refractivity contribution is 7.93. The number of rotatable bonds is 14. The van der Waals surface area contributed by atoms with Gasteiger partial charge in [0.05, 0.1) is 34.5 Å². The van der Waals surface area contributed by atoms with Crippen LogP contribution in [0.25, 0.3) is 17.1 Å². The summed E-state index contributed by atoms with van der Waals surface area (Å²) < 4.78 is 54.2. The van der Waals surface area contributed by atoms with Crippen molar-refractivity contribution in [3.8, 4) is 34.3 Å². The highest BCUT2D eigenvalue weighted by Crippen LogP contribution is 2.38. The topological polar surface area (TPSA) is 180 Å². The molecule has 4 aromatic rings. The zero-order valence-electron chi connectivity index (χ0n) is 24.3. The normalized spacial score (nSPS) is 13.7. The maximum absolute atomic E-state index is 13.9. The summed E-state index contributed by atoms with van der Waals surface area (Å²) in [5.74, 6) is 1.48. The molecule has 0 aliphatic carbocycles. The Kier molecular flexibility index (Phi) is 10.1.